The zero-order valence-electron chi connectivity index (χ0n) is 14.3. The van der Waals surface area contributed by atoms with Crippen LogP contribution in [0.1, 0.15) is 48.1 Å². The Morgan fingerprint density at radius 3 is 2.52 bits per heavy atom. The summed E-state index contributed by atoms with van der Waals surface area (Å²) in [5.74, 6) is -0.166. The fraction of sp³-hybridized carbons (Fsp3) is 0.412. The number of carbonyl (C=O) groups is 1. The summed E-state index contributed by atoms with van der Waals surface area (Å²) in [6.07, 6.45) is 6.07. The van der Waals surface area contributed by atoms with Gasteiger partial charge in [0.15, 0.2) is 0 Å². The Morgan fingerprint density at radius 1 is 1.32 bits per heavy atom. The van der Waals surface area contributed by atoms with Crippen molar-refractivity contribution in [2.24, 2.45) is 7.05 Å². The molecule has 2 N–H and O–H groups in total. The van der Waals surface area contributed by atoms with Crippen molar-refractivity contribution < 1.29 is 13.2 Å². The highest BCUT2D eigenvalue weighted by molar-refractivity contribution is 7.89. The van der Waals surface area contributed by atoms with Gasteiger partial charge in [0.05, 0.1) is 11.1 Å². The summed E-state index contributed by atoms with van der Waals surface area (Å²) >= 11 is 0. The van der Waals surface area contributed by atoms with Crippen LogP contribution in [0, 0.1) is 0 Å². The molecule has 1 heterocycles. The maximum Gasteiger partial charge on any atom is 0.251 e. The lowest BCUT2D eigenvalue weighted by molar-refractivity contribution is 0.0951. The molecule has 0 radical (unpaired) electrons. The molecule has 0 spiro atoms. The lowest BCUT2D eigenvalue weighted by Gasteiger charge is -2.16. The van der Waals surface area contributed by atoms with Gasteiger partial charge in [0.25, 0.3) is 5.91 Å². The summed E-state index contributed by atoms with van der Waals surface area (Å²) in [6, 6.07) is 5.91. The van der Waals surface area contributed by atoms with Crippen LogP contribution in [0.5, 0.6) is 0 Å². The monoisotopic (exact) mass is 362 g/mol. The molecule has 7 nitrogen and oxygen atoms in total. The largest absolute Gasteiger partial charge is 0.349 e. The maximum absolute atomic E-state index is 12.6. The number of sulfonamides is 1. The first-order valence-electron chi connectivity index (χ1n) is 8.31. The van der Waals surface area contributed by atoms with Crippen molar-refractivity contribution in [3.63, 3.8) is 0 Å². The van der Waals surface area contributed by atoms with Crippen molar-refractivity contribution >= 4 is 15.9 Å². The second-order valence-electron chi connectivity index (χ2n) is 6.30. The number of hydrogen-bond donors (Lipinski definition) is 2. The van der Waals surface area contributed by atoms with E-state index in [4.69, 9.17) is 0 Å². The Bertz CT molecular complexity index is 854. The van der Waals surface area contributed by atoms with Gasteiger partial charge >= 0.3 is 0 Å². The number of rotatable bonds is 7. The van der Waals surface area contributed by atoms with E-state index in [-0.39, 0.29) is 22.9 Å². The van der Waals surface area contributed by atoms with Crippen molar-refractivity contribution in [2.75, 3.05) is 0 Å². The summed E-state index contributed by atoms with van der Waals surface area (Å²) in [4.78, 5) is 12.1. The van der Waals surface area contributed by atoms with E-state index in [1.807, 2.05) is 6.92 Å². The van der Waals surface area contributed by atoms with Crippen LogP contribution in [-0.4, -0.2) is 30.1 Å². The number of amides is 1. The number of nitrogens with zero attached hydrogens (tertiary/aromatic N) is 2. The van der Waals surface area contributed by atoms with Gasteiger partial charge in [-0.3, -0.25) is 9.48 Å². The molecule has 25 heavy (non-hydrogen) atoms. The van der Waals surface area contributed by atoms with Crippen molar-refractivity contribution in [1.29, 1.82) is 0 Å². The molecule has 1 atom stereocenters. The van der Waals surface area contributed by atoms with Gasteiger partial charge in [-0.15, -0.1) is 0 Å². The summed E-state index contributed by atoms with van der Waals surface area (Å²) in [7, 11) is -1.89. The van der Waals surface area contributed by atoms with Crippen molar-refractivity contribution in [3.8, 4) is 0 Å². The predicted octanol–water partition coefficient (Wildman–Crippen LogP) is 1.74. The number of benzene rings is 1. The third kappa shape index (κ3) is 4.26. The number of nitrogens with one attached hydrogen (secondary N) is 2. The zero-order valence-corrected chi connectivity index (χ0v) is 15.1. The van der Waals surface area contributed by atoms with Gasteiger partial charge < -0.3 is 5.32 Å². The van der Waals surface area contributed by atoms with E-state index < -0.39 is 10.0 Å². The van der Waals surface area contributed by atoms with Crippen LogP contribution in [0.4, 0.5) is 0 Å². The molecule has 1 aliphatic carbocycles. The van der Waals surface area contributed by atoms with Gasteiger partial charge in [-0.2, -0.15) is 5.10 Å². The molecular formula is C17H22N4O3S. The quantitative estimate of drug-likeness (QED) is 0.785. The molecular weight excluding hydrogens is 340 g/mol. The van der Waals surface area contributed by atoms with Crippen LogP contribution in [0.3, 0.4) is 0 Å². The highest BCUT2D eigenvalue weighted by Gasteiger charge is 2.25. The molecule has 1 saturated carbocycles. The molecule has 1 aromatic heterocycles. The lowest BCUT2D eigenvalue weighted by Crippen LogP contribution is -2.28. The normalized spacial score (nSPS) is 15.8. The Hall–Kier alpha value is -2.19. The first-order chi connectivity index (χ1) is 11.9. The highest BCUT2D eigenvalue weighted by Crippen LogP contribution is 2.21. The minimum atomic E-state index is -3.68. The van der Waals surface area contributed by atoms with E-state index in [0.717, 1.165) is 18.4 Å². The topological polar surface area (TPSA) is 93.1 Å². The summed E-state index contributed by atoms with van der Waals surface area (Å²) in [6.45, 7) is 1.91. The molecule has 1 unspecified atom stereocenters. The molecule has 1 aliphatic rings. The van der Waals surface area contributed by atoms with Crippen molar-refractivity contribution in [2.45, 2.75) is 43.2 Å². The van der Waals surface area contributed by atoms with E-state index in [2.05, 4.69) is 15.1 Å². The van der Waals surface area contributed by atoms with Crippen molar-refractivity contribution in [3.05, 3.63) is 47.8 Å². The third-order valence-electron chi connectivity index (χ3n) is 4.17. The van der Waals surface area contributed by atoms with Gasteiger partial charge in [-0.05, 0) is 43.5 Å². The minimum Gasteiger partial charge on any atom is -0.349 e. The zero-order chi connectivity index (χ0) is 18.0. The summed E-state index contributed by atoms with van der Waals surface area (Å²) < 4.78 is 29.6. The fourth-order valence-electron chi connectivity index (χ4n) is 2.54. The number of aromatic nitrogens is 2. The van der Waals surface area contributed by atoms with Crippen LogP contribution in [-0.2, 0) is 17.1 Å². The number of aryl methyl sites for hydroxylation is 1. The second-order valence-corrected chi connectivity index (χ2v) is 8.02. The van der Waals surface area contributed by atoms with Crippen molar-refractivity contribution in [1.82, 2.24) is 19.8 Å². The SMILES string of the molecule is CCC(NS(=O)(=O)c1ccc(C(=O)NC2CC2)cc1)c1cnn(C)c1. The maximum atomic E-state index is 12.6. The van der Waals surface area contributed by atoms with E-state index >= 15 is 0 Å². The molecule has 8 heteroatoms. The van der Waals surface area contributed by atoms with Gasteiger partial charge in [-0.25, -0.2) is 13.1 Å². The van der Waals surface area contributed by atoms with Crippen LogP contribution in [0.2, 0.25) is 0 Å². The van der Waals surface area contributed by atoms with Crippen LogP contribution in [0.25, 0.3) is 0 Å². The molecule has 0 saturated heterocycles. The average Bonchev–Trinajstić information content (AvgIpc) is 3.30. The van der Waals surface area contributed by atoms with Gasteiger partial charge in [0, 0.05) is 36.5 Å². The molecule has 3 rings (SSSR count). The van der Waals surface area contributed by atoms with Crippen LogP contribution >= 0.6 is 0 Å². The molecule has 1 fully saturated rings. The van der Waals surface area contributed by atoms with Gasteiger partial charge in [0.2, 0.25) is 10.0 Å². The van der Waals surface area contributed by atoms with E-state index in [0.29, 0.717) is 12.0 Å². The third-order valence-corrected chi connectivity index (χ3v) is 5.66. The first-order valence-corrected chi connectivity index (χ1v) is 9.79. The predicted molar refractivity (Wildman–Crippen MR) is 93.5 cm³/mol. The first kappa shape index (κ1) is 17.6. The van der Waals surface area contributed by atoms with Gasteiger partial charge in [0.1, 0.15) is 0 Å². The summed E-state index contributed by atoms with van der Waals surface area (Å²) in [5.41, 5.74) is 1.28. The van der Waals surface area contributed by atoms with E-state index in [9.17, 15) is 13.2 Å². The summed E-state index contributed by atoms with van der Waals surface area (Å²) in [5, 5.41) is 6.97. The standard InChI is InChI=1S/C17H22N4O3S/c1-3-16(13-10-18-21(2)11-13)20-25(23,24)15-8-4-12(5-9-15)17(22)19-14-6-7-14/h4-5,8-11,14,16,20H,3,6-7H2,1-2H3,(H,19,22). The molecule has 0 bridgehead atoms. The number of carbonyl (C=O) groups excluding carboxylic acids is 1. The van der Waals surface area contributed by atoms with Crippen LogP contribution < -0.4 is 10.0 Å². The molecule has 134 valence electrons. The average molecular weight is 362 g/mol. The number of hydrogen-bond acceptors (Lipinski definition) is 4. The van der Waals surface area contributed by atoms with Crippen LogP contribution in [0.15, 0.2) is 41.6 Å². The molecule has 1 amide bonds. The second kappa shape index (κ2) is 6.97. The molecule has 2 aromatic rings. The Kier molecular flexibility index (Phi) is 4.91. The Morgan fingerprint density at radius 2 is 2.00 bits per heavy atom. The molecule has 1 aromatic carbocycles. The highest BCUT2D eigenvalue weighted by atomic mass is 32.2. The van der Waals surface area contributed by atoms with E-state index in [1.165, 1.54) is 24.3 Å². The Labute approximate surface area is 147 Å². The molecule has 0 aliphatic heterocycles. The lowest BCUT2D eigenvalue weighted by atomic mass is 10.1. The Balaban J connectivity index is 1.73. The van der Waals surface area contributed by atoms with Gasteiger partial charge in [-0.1, -0.05) is 6.92 Å². The minimum absolute atomic E-state index is 0.137. The fourth-order valence-corrected chi connectivity index (χ4v) is 3.85. The smallest absolute Gasteiger partial charge is 0.251 e. The van der Waals surface area contributed by atoms with E-state index in [1.54, 1.807) is 24.1 Å².